The molecule has 0 aromatic rings. The maximum Gasteiger partial charge on any atom is -0.0167 e. The summed E-state index contributed by atoms with van der Waals surface area (Å²) in [6, 6.07) is 0. The molecular weight excluding hydrogens is 372 g/mol. The first-order chi connectivity index (χ1) is 15.0. The Bertz CT molecular complexity index is 520. The van der Waals surface area contributed by atoms with Crippen molar-refractivity contribution in [3.05, 3.63) is 11.6 Å². The van der Waals surface area contributed by atoms with E-state index in [1.165, 1.54) is 77.0 Å². The van der Waals surface area contributed by atoms with Gasteiger partial charge in [-0.05, 0) is 85.9 Å². The first-order valence-corrected chi connectivity index (χ1v) is 14.7. The van der Waals surface area contributed by atoms with Crippen molar-refractivity contribution in [2.24, 2.45) is 47.3 Å². The first-order valence-electron chi connectivity index (χ1n) is 14.7. The molecule has 0 nitrogen and oxygen atoms in total. The minimum atomic E-state index is 0.867. The number of rotatable bonds is 12. The van der Waals surface area contributed by atoms with Crippen molar-refractivity contribution in [2.75, 3.05) is 0 Å². The van der Waals surface area contributed by atoms with Crippen molar-refractivity contribution in [1.82, 2.24) is 0 Å². The van der Waals surface area contributed by atoms with Crippen molar-refractivity contribution < 1.29 is 0 Å². The van der Waals surface area contributed by atoms with E-state index in [-0.39, 0.29) is 0 Å². The van der Waals surface area contributed by atoms with E-state index >= 15 is 0 Å². The van der Waals surface area contributed by atoms with Gasteiger partial charge in [-0.25, -0.2) is 0 Å². The third-order valence-corrected chi connectivity index (χ3v) is 9.80. The molecule has 0 bridgehead atoms. The van der Waals surface area contributed by atoms with Gasteiger partial charge in [-0.3, -0.25) is 0 Å². The molecule has 5 atom stereocenters. The van der Waals surface area contributed by atoms with Crippen molar-refractivity contribution in [3.8, 4) is 0 Å². The highest BCUT2D eigenvalue weighted by molar-refractivity contribution is 5.18. The smallest absolute Gasteiger partial charge is 0.0167 e. The summed E-state index contributed by atoms with van der Waals surface area (Å²) in [7, 11) is 0. The van der Waals surface area contributed by atoms with Crippen LogP contribution in [0.2, 0.25) is 0 Å². The van der Waals surface area contributed by atoms with Crippen LogP contribution in [-0.2, 0) is 0 Å². The van der Waals surface area contributed by atoms with Gasteiger partial charge in [0.1, 0.15) is 0 Å². The molecule has 0 heteroatoms. The summed E-state index contributed by atoms with van der Waals surface area (Å²) in [6.45, 7) is 12.1. The minimum Gasteiger partial charge on any atom is -0.0847 e. The van der Waals surface area contributed by atoms with Crippen LogP contribution in [0.3, 0.4) is 0 Å². The molecule has 2 saturated carbocycles. The molecule has 0 aromatic heterocycles. The molecule has 0 spiro atoms. The molecule has 0 heterocycles. The average molecular weight is 429 g/mol. The van der Waals surface area contributed by atoms with Gasteiger partial charge in [-0.2, -0.15) is 0 Å². The summed E-state index contributed by atoms with van der Waals surface area (Å²) < 4.78 is 0. The lowest BCUT2D eigenvalue weighted by molar-refractivity contribution is 0.160. The third kappa shape index (κ3) is 7.64. The van der Waals surface area contributed by atoms with E-state index in [2.05, 4.69) is 40.7 Å². The summed E-state index contributed by atoms with van der Waals surface area (Å²) in [5.41, 5.74) is 1.89. The zero-order valence-electron chi connectivity index (χ0n) is 22.0. The Morgan fingerprint density at radius 3 is 2.23 bits per heavy atom. The molecule has 0 saturated heterocycles. The van der Waals surface area contributed by atoms with Gasteiger partial charge in [0.2, 0.25) is 0 Å². The Balaban J connectivity index is 1.46. The second-order valence-electron chi connectivity index (χ2n) is 12.7. The van der Waals surface area contributed by atoms with Gasteiger partial charge in [-0.1, -0.05) is 110 Å². The maximum absolute atomic E-state index is 2.70. The Morgan fingerprint density at radius 2 is 1.55 bits per heavy atom. The van der Waals surface area contributed by atoms with Crippen molar-refractivity contribution >= 4 is 0 Å². The molecule has 2 fully saturated rings. The molecule has 0 aromatic carbocycles. The van der Waals surface area contributed by atoms with Gasteiger partial charge in [0.15, 0.2) is 0 Å². The van der Waals surface area contributed by atoms with E-state index in [9.17, 15) is 0 Å². The lowest BCUT2D eigenvalue weighted by Crippen LogP contribution is -2.28. The van der Waals surface area contributed by atoms with Crippen molar-refractivity contribution in [2.45, 2.75) is 137 Å². The number of hydrogen-bond donors (Lipinski definition) is 0. The largest absolute Gasteiger partial charge is 0.0847 e. The standard InChI is InChI=1S/C31H56/c1-6-8-25-12-14-26(15-13-25)21-27-16-18-29-19-20-30(31(29)22-27)28(7-2)17-11-24(5)10-9-23(3)4/h19,23-28,30-31H,6-18,20-22H2,1-5H3. The maximum atomic E-state index is 2.70. The van der Waals surface area contributed by atoms with Gasteiger partial charge >= 0.3 is 0 Å². The monoisotopic (exact) mass is 428 g/mol. The molecule has 0 radical (unpaired) electrons. The van der Waals surface area contributed by atoms with Crippen LogP contribution in [0.1, 0.15) is 137 Å². The fourth-order valence-corrected chi connectivity index (χ4v) is 7.69. The van der Waals surface area contributed by atoms with Crippen LogP contribution >= 0.6 is 0 Å². The number of hydrogen-bond acceptors (Lipinski definition) is 0. The Morgan fingerprint density at radius 1 is 0.839 bits per heavy atom. The molecule has 180 valence electrons. The molecule has 3 aliphatic carbocycles. The van der Waals surface area contributed by atoms with Crippen LogP contribution in [0, 0.1) is 47.3 Å². The Kier molecular flexibility index (Phi) is 10.5. The number of fused-ring (bicyclic) bond motifs is 1. The summed E-state index contributed by atoms with van der Waals surface area (Å²) in [4.78, 5) is 0. The van der Waals surface area contributed by atoms with Gasteiger partial charge in [-0.15, -0.1) is 0 Å². The first kappa shape index (κ1) is 25.4. The quantitative estimate of drug-likeness (QED) is 0.271. The SMILES string of the molecule is CCCC1CCC(CC2CCC3=CCC(C(CC)CCC(C)CCC(C)C)C3C2)CC1. The molecule has 0 N–H and O–H groups in total. The second kappa shape index (κ2) is 12.8. The number of allylic oxidation sites excluding steroid dienone is 2. The van der Waals surface area contributed by atoms with Crippen molar-refractivity contribution in [1.29, 1.82) is 0 Å². The van der Waals surface area contributed by atoms with Crippen LogP contribution in [0.15, 0.2) is 11.6 Å². The second-order valence-corrected chi connectivity index (χ2v) is 12.7. The highest BCUT2D eigenvalue weighted by Crippen LogP contribution is 2.50. The van der Waals surface area contributed by atoms with Crippen molar-refractivity contribution in [3.63, 3.8) is 0 Å². The highest BCUT2D eigenvalue weighted by atomic mass is 14.4. The van der Waals surface area contributed by atoms with E-state index in [4.69, 9.17) is 0 Å². The van der Waals surface area contributed by atoms with Gasteiger partial charge in [0.25, 0.3) is 0 Å². The zero-order valence-corrected chi connectivity index (χ0v) is 22.0. The predicted molar refractivity (Wildman–Crippen MR) is 138 cm³/mol. The minimum absolute atomic E-state index is 0.867. The molecule has 5 unspecified atom stereocenters. The topological polar surface area (TPSA) is 0 Å². The summed E-state index contributed by atoms with van der Waals surface area (Å²) in [5.74, 6) is 7.88. The molecule has 3 aliphatic rings. The third-order valence-electron chi connectivity index (χ3n) is 9.80. The lowest BCUT2D eigenvalue weighted by atomic mass is 9.67. The molecule has 0 amide bonds. The molecule has 3 rings (SSSR count). The van der Waals surface area contributed by atoms with Gasteiger partial charge < -0.3 is 0 Å². The van der Waals surface area contributed by atoms with E-state index in [0.717, 1.165) is 47.3 Å². The van der Waals surface area contributed by atoms with E-state index in [1.807, 2.05) is 5.57 Å². The summed E-state index contributed by atoms with van der Waals surface area (Å²) in [6.07, 6.45) is 26.4. The van der Waals surface area contributed by atoms with Crippen LogP contribution in [0.4, 0.5) is 0 Å². The van der Waals surface area contributed by atoms with E-state index < -0.39 is 0 Å². The van der Waals surface area contributed by atoms with Crippen LogP contribution in [0.25, 0.3) is 0 Å². The average Bonchev–Trinajstić information content (AvgIpc) is 3.17. The molecular formula is C31H56. The van der Waals surface area contributed by atoms with Gasteiger partial charge in [0, 0.05) is 0 Å². The molecule has 31 heavy (non-hydrogen) atoms. The fraction of sp³-hybridized carbons (Fsp3) is 0.935. The zero-order chi connectivity index (χ0) is 22.2. The predicted octanol–water partition coefficient (Wildman–Crippen LogP) is 10.2. The van der Waals surface area contributed by atoms with Gasteiger partial charge in [0.05, 0.1) is 0 Å². The Labute approximate surface area is 196 Å². The molecule has 0 aliphatic heterocycles. The van der Waals surface area contributed by atoms with E-state index in [1.54, 1.807) is 25.7 Å². The van der Waals surface area contributed by atoms with Crippen LogP contribution < -0.4 is 0 Å². The highest BCUT2D eigenvalue weighted by Gasteiger charge is 2.38. The van der Waals surface area contributed by atoms with E-state index in [0.29, 0.717) is 0 Å². The summed E-state index contributed by atoms with van der Waals surface area (Å²) >= 11 is 0. The fourth-order valence-electron chi connectivity index (χ4n) is 7.69. The van der Waals surface area contributed by atoms with Crippen LogP contribution in [-0.4, -0.2) is 0 Å². The lowest BCUT2D eigenvalue weighted by Gasteiger charge is -2.38. The summed E-state index contributed by atoms with van der Waals surface area (Å²) in [5, 5.41) is 0. The Hall–Kier alpha value is -0.260. The normalized spacial score (nSPS) is 33.2. The van der Waals surface area contributed by atoms with Crippen LogP contribution in [0.5, 0.6) is 0 Å².